The number of allylic oxidation sites excluding steroid dienone is 16. The number of esters is 1. The summed E-state index contributed by atoms with van der Waals surface area (Å²) < 4.78 is 22.8. The number of aliphatic hydroxyl groups is 4. The molecule has 9 nitrogen and oxygen atoms in total. The Hall–Kier alpha value is -2.89. The van der Waals surface area contributed by atoms with Crippen LogP contribution in [-0.2, 0) is 23.7 Å². The van der Waals surface area contributed by atoms with Crippen LogP contribution in [0.3, 0.4) is 0 Å². The van der Waals surface area contributed by atoms with Gasteiger partial charge in [0.05, 0.1) is 19.8 Å². The van der Waals surface area contributed by atoms with Crippen molar-refractivity contribution in [3.8, 4) is 0 Å². The van der Waals surface area contributed by atoms with Crippen molar-refractivity contribution in [2.24, 2.45) is 0 Å². The largest absolute Gasteiger partial charge is 0.457 e. The van der Waals surface area contributed by atoms with E-state index in [9.17, 15) is 25.2 Å². The minimum Gasteiger partial charge on any atom is -0.457 e. The quantitative estimate of drug-likeness (QED) is 0.0270. The summed E-state index contributed by atoms with van der Waals surface area (Å²) in [5, 5.41) is 40.2. The van der Waals surface area contributed by atoms with Gasteiger partial charge in [0, 0.05) is 13.0 Å². The Labute approximate surface area is 377 Å². The molecule has 354 valence electrons. The molecular weight excluding hydrogens is 781 g/mol. The summed E-state index contributed by atoms with van der Waals surface area (Å²) in [6, 6.07) is 0. The molecule has 0 amide bonds. The van der Waals surface area contributed by atoms with Gasteiger partial charge in [0.25, 0.3) is 0 Å². The normalized spacial score (nSPS) is 20.6. The Bertz CT molecular complexity index is 1260. The minimum absolute atomic E-state index is 0.118. The van der Waals surface area contributed by atoms with Crippen molar-refractivity contribution in [2.75, 3.05) is 26.4 Å². The fourth-order valence-corrected chi connectivity index (χ4v) is 6.70. The van der Waals surface area contributed by atoms with Crippen LogP contribution in [0.25, 0.3) is 0 Å². The number of ether oxygens (including phenoxy) is 4. The summed E-state index contributed by atoms with van der Waals surface area (Å²) in [4.78, 5) is 12.8. The summed E-state index contributed by atoms with van der Waals surface area (Å²) in [5.41, 5.74) is 0. The van der Waals surface area contributed by atoms with E-state index in [-0.39, 0.29) is 25.6 Å². The molecule has 0 radical (unpaired) electrons. The number of carbonyl (C=O) groups is 1. The zero-order valence-electron chi connectivity index (χ0n) is 38.8. The zero-order chi connectivity index (χ0) is 45.0. The maximum Gasteiger partial charge on any atom is 0.306 e. The van der Waals surface area contributed by atoms with E-state index in [2.05, 4.69) is 111 Å². The summed E-state index contributed by atoms with van der Waals surface area (Å²) in [7, 11) is 0. The van der Waals surface area contributed by atoms with Gasteiger partial charge in [-0.05, 0) is 96.3 Å². The number of hydrogen-bond donors (Lipinski definition) is 4. The Kier molecular flexibility index (Phi) is 40.0. The van der Waals surface area contributed by atoms with Gasteiger partial charge in [-0.2, -0.15) is 0 Å². The molecule has 0 aromatic heterocycles. The highest BCUT2D eigenvalue weighted by molar-refractivity contribution is 5.69. The van der Waals surface area contributed by atoms with Gasteiger partial charge in [-0.3, -0.25) is 4.79 Å². The first-order valence-electron chi connectivity index (χ1n) is 24.3. The van der Waals surface area contributed by atoms with Gasteiger partial charge in [0.2, 0.25) is 0 Å². The highest BCUT2D eigenvalue weighted by Crippen LogP contribution is 2.22. The highest BCUT2D eigenvalue weighted by Gasteiger charge is 2.44. The van der Waals surface area contributed by atoms with Crippen molar-refractivity contribution in [3.05, 3.63) is 97.2 Å². The number of hydrogen-bond acceptors (Lipinski definition) is 9. The van der Waals surface area contributed by atoms with E-state index in [1.54, 1.807) is 0 Å². The SMILES string of the molecule is CC/C=C\C/C=C\C/C=C\C/C=C\C/C=C\CCCCCC(=O)OC(COCCCCCCCCC/C=C\C/C=C\C/C=C\CCCCC)COC1OC(CO)C(O)C(O)C1O. The predicted molar refractivity (Wildman–Crippen MR) is 256 cm³/mol. The molecule has 6 unspecified atom stereocenters. The molecule has 1 rings (SSSR count). The van der Waals surface area contributed by atoms with Crippen molar-refractivity contribution in [1.82, 2.24) is 0 Å². The second-order valence-electron chi connectivity index (χ2n) is 16.2. The molecule has 0 aliphatic carbocycles. The monoisotopic (exact) mass is 869 g/mol. The molecule has 1 saturated heterocycles. The molecule has 1 fully saturated rings. The first kappa shape index (κ1) is 57.1. The molecule has 0 saturated carbocycles. The lowest BCUT2D eigenvalue weighted by molar-refractivity contribution is -0.305. The Morgan fingerprint density at radius 1 is 0.532 bits per heavy atom. The summed E-state index contributed by atoms with van der Waals surface area (Å²) >= 11 is 0. The molecule has 0 aromatic carbocycles. The Balaban J connectivity index is 2.29. The lowest BCUT2D eigenvalue weighted by Gasteiger charge is -2.39. The smallest absolute Gasteiger partial charge is 0.306 e. The summed E-state index contributed by atoms with van der Waals surface area (Å²) in [6.07, 6.45) is 52.9. The topological polar surface area (TPSA) is 135 Å². The van der Waals surface area contributed by atoms with Crippen LogP contribution in [0, 0.1) is 0 Å². The molecule has 6 atom stereocenters. The summed E-state index contributed by atoms with van der Waals surface area (Å²) in [5.74, 6) is -0.352. The first-order chi connectivity index (χ1) is 30.4. The van der Waals surface area contributed by atoms with Gasteiger partial charge in [0.15, 0.2) is 6.29 Å². The molecule has 4 N–H and O–H groups in total. The van der Waals surface area contributed by atoms with Crippen LogP contribution in [0.5, 0.6) is 0 Å². The molecule has 9 heteroatoms. The van der Waals surface area contributed by atoms with Crippen molar-refractivity contribution in [2.45, 2.75) is 205 Å². The van der Waals surface area contributed by atoms with Crippen LogP contribution in [-0.4, -0.2) is 89.6 Å². The molecule has 0 aromatic rings. The Morgan fingerprint density at radius 3 is 1.48 bits per heavy atom. The fourth-order valence-electron chi connectivity index (χ4n) is 6.70. The molecule has 0 bridgehead atoms. The lowest BCUT2D eigenvalue weighted by Crippen LogP contribution is -2.59. The van der Waals surface area contributed by atoms with Crippen molar-refractivity contribution in [1.29, 1.82) is 0 Å². The third kappa shape index (κ3) is 33.6. The molecule has 0 spiro atoms. The molecule has 1 aliphatic heterocycles. The van der Waals surface area contributed by atoms with Crippen LogP contribution in [0.2, 0.25) is 0 Å². The number of rotatable bonds is 40. The standard InChI is InChI=1S/C53H88O9/c1-3-5-7-9-11-13-15-17-19-21-23-25-27-29-31-33-35-37-39-41-43-59-45-47(46-60-53-52(58)51(57)50(56)48(44-54)62-53)61-49(55)42-40-38-36-34-32-30-28-26-24-22-20-18-16-14-12-10-8-6-4-2/h6,8,11-14,17-20,23-26,30,32,47-48,50-54,56-58H,3-5,7,9-10,15-16,21-22,27-29,31,33-46H2,1-2H3/b8-6-,13-11-,14-12-,19-17-,20-18-,25-23-,26-24-,32-30-. The molecular formula is C53H88O9. The van der Waals surface area contributed by atoms with E-state index in [0.29, 0.717) is 13.0 Å². The van der Waals surface area contributed by atoms with Gasteiger partial charge in [-0.1, -0.05) is 162 Å². The highest BCUT2D eigenvalue weighted by atomic mass is 16.7. The fraction of sp³-hybridized carbons (Fsp3) is 0.679. The predicted octanol–water partition coefficient (Wildman–Crippen LogP) is 11.6. The van der Waals surface area contributed by atoms with Gasteiger partial charge in [-0.15, -0.1) is 0 Å². The summed E-state index contributed by atoms with van der Waals surface area (Å²) in [6.45, 7) is 4.33. The van der Waals surface area contributed by atoms with Crippen LogP contribution in [0.1, 0.15) is 168 Å². The van der Waals surface area contributed by atoms with Crippen LogP contribution < -0.4 is 0 Å². The first-order valence-corrected chi connectivity index (χ1v) is 24.3. The van der Waals surface area contributed by atoms with Gasteiger partial charge in [-0.25, -0.2) is 0 Å². The number of unbranched alkanes of at least 4 members (excludes halogenated alkanes) is 13. The van der Waals surface area contributed by atoms with E-state index in [4.69, 9.17) is 18.9 Å². The maximum atomic E-state index is 12.8. The van der Waals surface area contributed by atoms with Gasteiger partial charge >= 0.3 is 5.97 Å². The Morgan fingerprint density at radius 2 is 0.984 bits per heavy atom. The van der Waals surface area contributed by atoms with E-state index >= 15 is 0 Å². The van der Waals surface area contributed by atoms with Crippen LogP contribution in [0.4, 0.5) is 0 Å². The average Bonchev–Trinajstić information content (AvgIpc) is 3.27. The van der Waals surface area contributed by atoms with Crippen LogP contribution in [0.15, 0.2) is 97.2 Å². The minimum atomic E-state index is -1.55. The van der Waals surface area contributed by atoms with Gasteiger partial charge < -0.3 is 39.4 Å². The van der Waals surface area contributed by atoms with E-state index in [1.807, 2.05) is 0 Å². The van der Waals surface area contributed by atoms with Gasteiger partial charge in [0.1, 0.15) is 30.5 Å². The lowest BCUT2D eigenvalue weighted by atomic mass is 9.99. The molecule has 1 heterocycles. The average molecular weight is 869 g/mol. The second kappa shape index (κ2) is 43.4. The van der Waals surface area contributed by atoms with Crippen molar-refractivity contribution < 1.29 is 44.2 Å². The maximum absolute atomic E-state index is 12.8. The molecule has 62 heavy (non-hydrogen) atoms. The van der Waals surface area contributed by atoms with Crippen LogP contribution >= 0.6 is 0 Å². The number of carbonyl (C=O) groups excluding carboxylic acids is 1. The van der Waals surface area contributed by atoms with E-state index < -0.39 is 43.4 Å². The second-order valence-corrected chi connectivity index (χ2v) is 16.2. The van der Waals surface area contributed by atoms with Crippen molar-refractivity contribution >= 4 is 5.97 Å². The third-order valence-corrected chi connectivity index (χ3v) is 10.5. The molecule has 1 aliphatic rings. The van der Waals surface area contributed by atoms with E-state index in [0.717, 1.165) is 89.9 Å². The zero-order valence-corrected chi connectivity index (χ0v) is 38.8. The number of aliphatic hydroxyl groups excluding tert-OH is 4. The van der Waals surface area contributed by atoms with Crippen molar-refractivity contribution in [3.63, 3.8) is 0 Å². The van der Waals surface area contributed by atoms with E-state index in [1.165, 1.54) is 51.4 Å². The third-order valence-electron chi connectivity index (χ3n) is 10.5.